The summed E-state index contributed by atoms with van der Waals surface area (Å²) in [5.74, 6) is 0.689. The molecule has 0 saturated heterocycles. The second kappa shape index (κ2) is 4.85. The second-order valence-electron chi connectivity index (χ2n) is 3.69. The van der Waals surface area contributed by atoms with Gasteiger partial charge >= 0.3 is 0 Å². The lowest BCUT2D eigenvalue weighted by molar-refractivity contribution is 0.466. The van der Waals surface area contributed by atoms with Gasteiger partial charge in [-0.25, -0.2) is 0 Å². The number of aryl methyl sites for hydroxylation is 1. The van der Waals surface area contributed by atoms with E-state index < -0.39 is 0 Å². The highest BCUT2D eigenvalue weighted by Gasteiger charge is 2.06. The maximum atomic E-state index is 9.73. The van der Waals surface area contributed by atoms with E-state index in [2.05, 4.69) is 26.0 Å². The minimum absolute atomic E-state index is 0.288. The first kappa shape index (κ1) is 10.8. The lowest BCUT2D eigenvalue weighted by atomic mass is 9.98. The van der Waals surface area contributed by atoms with E-state index in [1.807, 2.05) is 25.1 Å². The maximum Gasteiger partial charge on any atom is 0.119 e. The summed E-state index contributed by atoms with van der Waals surface area (Å²) in [6.45, 7) is 6.19. The summed E-state index contributed by atoms with van der Waals surface area (Å²) in [6.07, 6.45) is 5.30. The van der Waals surface area contributed by atoms with Crippen LogP contribution in [0.3, 0.4) is 0 Å². The molecule has 1 heteroatoms. The first-order valence-corrected chi connectivity index (χ1v) is 5.11. The van der Waals surface area contributed by atoms with E-state index in [0.29, 0.717) is 5.75 Å². The molecule has 1 aromatic carbocycles. The Morgan fingerprint density at radius 2 is 2.14 bits per heavy atom. The molecule has 0 aliphatic rings. The Hall–Kier alpha value is -1.24. The number of phenols is 1. The van der Waals surface area contributed by atoms with Crippen molar-refractivity contribution in [3.8, 4) is 5.75 Å². The third-order valence-corrected chi connectivity index (χ3v) is 2.34. The number of benzene rings is 1. The van der Waals surface area contributed by atoms with Crippen LogP contribution in [0.2, 0.25) is 0 Å². The van der Waals surface area contributed by atoms with Crippen LogP contribution < -0.4 is 0 Å². The van der Waals surface area contributed by atoms with Crippen LogP contribution in [0.15, 0.2) is 30.4 Å². The van der Waals surface area contributed by atoms with Crippen LogP contribution in [0.4, 0.5) is 0 Å². The molecule has 0 aliphatic carbocycles. The molecule has 0 aliphatic heterocycles. The monoisotopic (exact) mass is 190 g/mol. The molecule has 1 rings (SSSR count). The van der Waals surface area contributed by atoms with Crippen LogP contribution in [-0.4, -0.2) is 5.11 Å². The molecule has 14 heavy (non-hydrogen) atoms. The zero-order chi connectivity index (χ0) is 10.6. The standard InChI is InChI=1S/C13H18O/c1-4-5-6-11(3)12-8-7-10(2)9-13(12)14/h5-9,11,14H,4H2,1-3H3. The van der Waals surface area contributed by atoms with Gasteiger partial charge in [-0.1, -0.05) is 38.1 Å². The Morgan fingerprint density at radius 3 is 2.71 bits per heavy atom. The number of hydrogen-bond donors (Lipinski definition) is 1. The molecule has 1 aromatic rings. The van der Waals surface area contributed by atoms with Crippen molar-refractivity contribution in [2.45, 2.75) is 33.1 Å². The van der Waals surface area contributed by atoms with Crippen LogP contribution in [0.25, 0.3) is 0 Å². The highest BCUT2D eigenvalue weighted by atomic mass is 16.3. The molecule has 0 aromatic heterocycles. The summed E-state index contributed by atoms with van der Waals surface area (Å²) >= 11 is 0. The second-order valence-corrected chi connectivity index (χ2v) is 3.69. The SMILES string of the molecule is CCC=CC(C)c1ccc(C)cc1O. The average Bonchev–Trinajstić information content (AvgIpc) is 2.14. The molecule has 1 atom stereocenters. The van der Waals surface area contributed by atoms with Gasteiger partial charge in [0, 0.05) is 11.5 Å². The third-order valence-electron chi connectivity index (χ3n) is 2.34. The number of aromatic hydroxyl groups is 1. The molecule has 0 fully saturated rings. The minimum Gasteiger partial charge on any atom is -0.508 e. The molecule has 0 spiro atoms. The van der Waals surface area contributed by atoms with Crippen LogP contribution in [-0.2, 0) is 0 Å². The molecule has 0 heterocycles. The Labute approximate surface area is 86.1 Å². The Kier molecular flexibility index (Phi) is 3.75. The zero-order valence-electron chi connectivity index (χ0n) is 9.12. The van der Waals surface area contributed by atoms with Gasteiger partial charge in [0.2, 0.25) is 0 Å². The normalized spacial score (nSPS) is 13.4. The minimum atomic E-state index is 0.288. The number of allylic oxidation sites excluding steroid dienone is 2. The van der Waals surface area contributed by atoms with Gasteiger partial charge in [0.05, 0.1) is 0 Å². The molecule has 0 amide bonds. The van der Waals surface area contributed by atoms with Gasteiger partial charge in [0.25, 0.3) is 0 Å². The van der Waals surface area contributed by atoms with E-state index in [1.54, 1.807) is 0 Å². The molecule has 1 unspecified atom stereocenters. The van der Waals surface area contributed by atoms with E-state index in [-0.39, 0.29) is 5.92 Å². The molecule has 0 saturated carbocycles. The third kappa shape index (κ3) is 2.63. The van der Waals surface area contributed by atoms with Gasteiger partial charge in [-0.15, -0.1) is 0 Å². The summed E-state index contributed by atoms with van der Waals surface area (Å²) in [7, 11) is 0. The van der Waals surface area contributed by atoms with E-state index in [1.165, 1.54) is 0 Å². The molecule has 0 radical (unpaired) electrons. The van der Waals surface area contributed by atoms with Gasteiger partial charge < -0.3 is 5.11 Å². The molecule has 76 valence electrons. The first-order valence-electron chi connectivity index (χ1n) is 5.11. The average molecular weight is 190 g/mol. The molecule has 0 bridgehead atoms. The topological polar surface area (TPSA) is 20.2 Å². The molecular weight excluding hydrogens is 172 g/mol. The number of hydrogen-bond acceptors (Lipinski definition) is 1. The van der Waals surface area contributed by atoms with E-state index in [4.69, 9.17) is 0 Å². The van der Waals surface area contributed by atoms with Crippen molar-refractivity contribution < 1.29 is 5.11 Å². The van der Waals surface area contributed by atoms with E-state index in [9.17, 15) is 5.11 Å². The summed E-state index contributed by atoms with van der Waals surface area (Å²) in [5, 5.41) is 9.73. The van der Waals surface area contributed by atoms with Gasteiger partial charge in [0.15, 0.2) is 0 Å². The zero-order valence-corrected chi connectivity index (χ0v) is 9.12. The van der Waals surface area contributed by atoms with Crippen molar-refractivity contribution in [3.63, 3.8) is 0 Å². The Bertz CT molecular complexity index is 326. The highest BCUT2D eigenvalue weighted by Crippen LogP contribution is 2.27. The Balaban J connectivity index is 2.90. The van der Waals surface area contributed by atoms with Crippen LogP contribution in [0.1, 0.15) is 37.3 Å². The van der Waals surface area contributed by atoms with Crippen LogP contribution in [0.5, 0.6) is 5.75 Å². The highest BCUT2D eigenvalue weighted by molar-refractivity contribution is 5.39. The summed E-state index contributed by atoms with van der Waals surface area (Å²) in [5.41, 5.74) is 2.10. The number of phenolic OH excluding ortho intramolecular Hbond substituents is 1. The lowest BCUT2D eigenvalue weighted by Gasteiger charge is -2.09. The van der Waals surface area contributed by atoms with Crippen molar-refractivity contribution in [2.24, 2.45) is 0 Å². The van der Waals surface area contributed by atoms with Crippen molar-refractivity contribution in [1.29, 1.82) is 0 Å². The summed E-state index contributed by atoms with van der Waals surface area (Å²) in [6, 6.07) is 5.84. The predicted octanol–water partition coefficient (Wildman–Crippen LogP) is 3.77. The van der Waals surface area contributed by atoms with Crippen LogP contribution >= 0.6 is 0 Å². The fourth-order valence-electron chi connectivity index (χ4n) is 1.48. The molecule has 1 N–H and O–H groups in total. The Morgan fingerprint density at radius 1 is 1.43 bits per heavy atom. The van der Waals surface area contributed by atoms with E-state index in [0.717, 1.165) is 17.5 Å². The smallest absolute Gasteiger partial charge is 0.119 e. The largest absolute Gasteiger partial charge is 0.508 e. The summed E-state index contributed by atoms with van der Waals surface area (Å²) < 4.78 is 0. The van der Waals surface area contributed by atoms with Gasteiger partial charge in [-0.3, -0.25) is 0 Å². The predicted molar refractivity (Wildman–Crippen MR) is 60.7 cm³/mol. The van der Waals surface area contributed by atoms with Crippen molar-refractivity contribution in [3.05, 3.63) is 41.5 Å². The molecular formula is C13H18O. The van der Waals surface area contributed by atoms with E-state index >= 15 is 0 Å². The summed E-state index contributed by atoms with van der Waals surface area (Å²) in [4.78, 5) is 0. The maximum absolute atomic E-state index is 9.73. The van der Waals surface area contributed by atoms with Crippen molar-refractivity contribution in [2.75, 3.05) is 0 Å². The quantitative estimate of drug-likeness (QED) is 0.719. The van der Waals surface area contributed by atoms with Gasteiger partial charge in [-0.05, 0) is 25.0 Å². The number of rotatable bonds is 3. The van der Waals surface area contributed by atoms with Crippen LogP contribution in [0, 0.1) is 6.92 Å². The van der Waals surface area contributed by atoms with Crippen molar-refractivity contribution in [1.82, 2.24) is 0 Å². The molecule has 1 nitrogen and oxygen atoms in total. The van der Waals surface area contributed by atoms with Gasteiger partial charge in [-0.2, -0.15) is 0 Å². The fourth-order valence-corrected chi connectivity index (χ4v) is 1.48. The lowest BCUT2D eigenvalue weighted by Crippen LogP contribution is -1.90. The van der Waals surface area contributed by atoms with Crippen molar-refractivity contribution >= 4 is 0 Å². The first-order chi connectivity index (χ1) is 6.65. The van der Waals surface area contributed by atoms with Gasteiger partial charge in [0.1, 0.15) is 5.75 Å². The fraction of sp³-hybridized carbons (Fsp3) is 0.385.